The topological polar surface area (TPSA) is 71.6 Å². The van der Waals surface area contributed by atoms with Crippen molar-refractivity contribution in [1.82, 2.24) is 14.4 Å². The number of nitrogens with two attached hydrogens (primary N) is 1. The second kappa shape index (κ2) is 9.07. The lowest BCUT2D eigenvalue weighted by Gasteiger charge is -2.48. The van der Waals surface area contributed by atoms with Gasteiger partial charge in [0.25, 0.3) is 5.56 Å². The van der Waals surface area contributed by atoms with E-state index in [9.17, 15) is 9.59 Å². The first-order valence-corrected chi connectivity index (χ1v) is 12.6. The fourth-order valence-electron chi connectivity index (χ4n) is 6.30. The monoisotopic (exact) mass is 448 g/mol. The zero-order valence-corrected chi connectivity index (χ0v) is 19.7. The molecule has 0 atom stereocenters. The maximum absolute atomic E-state index is 13.4. The first-order valence-electron chi connectivity index (χ1n) is 12.6. The number of fused-ring (bicyclic) bond motifs is 2. The van der Waals surface area contributed by atoms with Crippen LogP contribution in [-0.4, -0.2) is 52.0 Å². The van der Waals surface area contributed by atoms with Gasteiger partial charge in [-0.1, -0.05) is 12.5 Å². The lowest BCUT2D eigenvalue weighted by Crippen LogP contribution is -2.63. The van der Waals surface area contributed by atoms with E-state index in [1.54, 1.807) is 6.08 Å². The van der Waals surface area contributed by atoms with E-state index in [2.05, 4.69) is 34.6 Å². The Morgan fingerprint density at radius 2 is 1.70 bits per heavy atom. The predicted molar refractivity (Wildman–Crippen MR) is 132 cm³/mol. The Labute approximate surface area is 196 Å². The van der Waals surface area contributed by atoms with Gasteiger partial charge in [-0.3, -0.25) is 19.4 Å². The van der Waals surface area contributed by atoms with Crippen molar-refractivity contribution in [2.75, 3.05) is 26.2 Å². The van der Waals surface area contributed by atoms with Crippen LogP contribution in [0.5, 0.6) is 0 Å². The van der Waals surface area contributed by atoms with Crippen molar-refractivity contribution in [3.63, 3.8) is 0 Å². The summed E-state index contributed by atoms with van der Waals surface area (Å²) in [5.74, 6) is -0.183. The first-order chi connectivity index (χ1) is 16.0. The van der Waals surface area contributed by atoms with Gasteiger partial charge in [-0.05, 0) is 92.7 Å². The van der Waals surface area contributed by atoms with Crippen LogP contribution in [0.2, 0.25) is 0 Å². The number of pyridine rings is 1. The van der Waals surface area contributed by atoms with Crippen LogP contribution in [0.15, 0.2) is 35.6 Å². The summed E-state index contributed by atoms with van der Waals surface area (Å²) in [6, 6.07) is 6.59. The fraction of sp³-hybridized carbons (Fsp3) is 0.556. The Hall–Kier alpha value is -2.44. The van der Waals surface area contributed by atoms with Crippen LogP contribution < -0.4 is 11.3 Å². The van der Waals surface area contributed by atoms with E-state index in [0.29, 0.717) is 13.1 Å². The lowest BCUT2D eigenvalue weighted by atomic mass is 9.83. The Morgan fingerprint density at radius 1 is 1.00 bits per heavy atom. The highest BCUT2D eigenvalue weighted by Gasteiger charge is 2.45. The van der Waals surface area contributed by atoms with E-state index in [-0.39, 0.29) is 11.5 Å². The minimum Gasteiger partial charge on any atom is -0.368 e. The number of primary amides is 1. The number of hydrogen-bond acceptors (Lipinski definition) is 4. The van der Waals surface area contributed by atoms with Crippen molar-refractivity contribution < 1.29 is 4.79 Å². The molecular formula is C27H36N4O2. The van der Waals surface area contributed by atoms with Crippen LogP contribution in [-0.2, 0) is 30.7 Å². The summed E-state index contributed by atoms with van der Waals surface area (Å²) in [6.07, 6.45) is 10.2. The van der Waals surface area contributed by atoms with E-state index < -0.39 is 5.54 Å². The molecule has 5 rings (SSSR count). The molecule has 6 heteroatoms. The van der Waals surface area contributed by atoms with Gasteiger partial charge in [0.1, 0.15) is 5.54 Å². The van der Waals surface area contributed by atoms with Crippen molar-refractivity contribution >= 4 is 16.8 Å². The van der Waals surface area contributed by atoms with Crippen molar-refractivity contribution in [2.24, 2.45) is 5.73 Å². The van der Waals surface area contributed by atoms with E-state index in [0.717, 1.165) is 81.2 Å². The summed E-state index contributed by atoms with van der Waals surface area (Å²) in [5, 5.41) is 1.14. The predicted octanol–water partition coefficient (Wildman–Crippen LogP) is 2.98. The molecule has 1 aromatic heterocycles. The van der Waals surface area contributed by atoms with Crippen LogP contribution in [0.25, 0.3) is 10.9 Å². The number of allylic oxidation sites excluding steroid dienone is 1. The van der Waals surface area contributed by atoms with Crippen molar-refractivity contribution in [3.05, 3.63) is 57.9 Å². The van der Waals surface area contributed by atoms with Gasteiger partial charge in [0, 0.05) is 31.7 Å². The highest BCUT2D eigenvalue weighted by Crippen LogP contribution is 2.32. The molecule has 0 unspecified atom stereocenters. The molecule has 1 aromatic carbocycles. The number of benzene rings is 1. The summed E-state index contributed by atoms with van der Waals surface area (Å²) in [5.41, 5.74) is 10.1. The quantitative estimate of drug-likeness (QED) is 0.690. The molecule has 33 heavy (non-hydrogen) atoms. The number of aryl methyl sites for hydroxylation is 2. The fourth-order valence-corrected chi connectivity index (χ4v) is 6.30. The molecule has 2 aromatic rings. The van der Waals surface area contributed by atoms with Crippen LogP contribution in [0.4, 0.5) is 0 Å². The van der Waals surface area contributed by atoms with E-state index in [1.807, 2.05) is 4.57 Å². The second-order valence-corrected chi connectivity index (χ2v) is 10.1. The first kappa shape index (κ1) is 22.4. The van der Waals surface area contributed by atoms with Crippen LogP contribution in [0.1, 0.15) is 55.2 Å². The standard InChI is InChI=1S/C27H36N4O2/c1-2-11-31-24-18-21-8-6-7-20(21)16-22(24)17-23(25(31)32)19-29-14-9-27(10-15-29,26(28)33)30-12-4-3-5-13-30/h2,16-18H,1,3-15,19H2,(H2,28,33). The van der Waals surface area contributed by atoms with Crippen molar-refractivity contribution in [1.29, 1.82) is 0 Å². The number of nitrogens with zero attached hydrogens (tertiary/aromatic N) is 3. The summed E-state index contributed by atoms with van der Waals surface area (Å²) in [7, 11) is 0. The molecule has 6 nitrogen and oxygen atoms in total. The zero-order valence-electron chi connectivity index (χ0n) is 19.7. The molecule has 2 aliphatic heterocycles. The molecule has 176 valence electrons. The van der Waals surface area contributed by atoms with Crippen LogP contribution in [0, 0.1) is 0 Å². The summed E-state index contributed by atoms with van der Waals surface area (Å²) in [4.78, 5) is 30.6. The van der Waals surface area contributed by atoms with Gasteiger partial charge in [0.05, 0.1) is 5.52 Å². The molecule has 0 spiro atoms. The van der Waals surface area contributed by atoms with Crippen LogP contribution >= 0.6 is 0 Å². The van der Waals surface area contributed by atoms with Crippen molar-refractivity contribution in [2.45, 2.75) is 70.0 Å². The number of hydrogen-bond donors (Lipinski definition) is 1. The third-order valence-electron chi connectivity index (χ3n) is 8.19. The second-order valence-electron chi connectivity index (χ2n) is 10.1. The normalized spacial score (nSPS) is 21.2. The Kier molecular flexibility index (Phi) is 6.14. The minimum atomic E-state index is -0.524. The SMILES string of the molecule is C=CCn1c(=O)c(CN2CCC(C(N)=O)(N3CCCCC3)CC2)cc2cc3c(cc21)CCC3. The number of amides is 1. The van der Waals surface area contributed by atoms with E-state index in [1.165, 1.54) is 24.0 Å². The highest BCUT2D eigenvalue weighted by atomic mass is 16.2. The maximum Gasteiger partial charge on any atom is 0.255 e. The molecule has 2 fully saturated rings. The third kappa shape index (κ3) is 4.04. The lowest BCUT2D eigenvalue weighted by molar-refractivity contribution is -0.135. The molecule has 0 radical (unpaired) electrons. The Morgan fingerprint density at radius 3 is 2.36 bits per heavy atom. The minimum absolute atomic E-state index is 0.0723. The molecule has 0 bridgehead atoms. The van der Waals surface area contributed by atoms with Gasteiger partial charge in [-0.15, -0.1) is 6.58 Å². The summed E-state index contributed by atoms with van der Waals surface area (Å²) in [6.45, 7) is 8.49. The van der Waals surface area contributed by atoms with Gasteiger partial charge < -0.3 is 10.3 Å². The summed E-state index contributed by atoms with van der Waals surface area (Å²) < 4.78 is 1.88. The number of carbonyl (C=O) groups is 1. The Balaban J connectivity index is 1.40. The maximum atomic E-state index is 13.4. The van der Waals surface area contributed by atoms with E-state index in [4.69, 9.17) is 5.73 Å². The van der Waals surface area contributed by atoms with Gasteiger partial charge in [-0.25, -0.2) is 0 Å². The average Bonchev–Trinajstić information content (AvgIpc) is 3.29. The molecule has 3 heterocycles. The largest absolute Gasteiger partial charge is 0.368 e. The third-order valence-corrected chi connectivity index (χ3v) is 8.19. The number of likely N-dealkylation sites (tertiary alicyclic amines) is 2. The molecule has 1 aliphatic carbocycles. The number of aromatic nitrogens is 1. The molecule has 2 saturated heterocycles. The molecule has 0 saturated carbocycles. The van der Waals surface area contributed by atoms with Gasteiger partial charge in [0.2, 0.25) is 5.91 Å². The number of piperidine rings is 2. The number of rotatable bonds is 6. The summed E-state index contributed by atoms with van der Waals surface area (Å²) >= 11 is 0. The van der Waals surface area contributed by atoms with Gasteiger partial charge in [0.15, 0.2) is 0 Å². The van der Waals surface area contributed by atoms with Crippen molar-refractivity contribution in [3.8, 4) is 0 Å². The molecule has 1 amide bonds. The number of carbonyl (C=O) groups excluding carboxylic acids is 1. The van der Waals surface area contributed by atoms with Crippen LogP contribution in [0.3, 0.4) is 0 Å². The average molecular weight is 449 g/mol. The molecule has 2 N–H and O–H groups in total. The molecular weight excluding hydrogens is 412 g/mol. The smallest absolute Gasteiger partial charge is 0.255 e. The Bertz CT molecular complexity index is 1120. The van der Waals surface area contributed by atoms with E-state index >= 15 is 0 Å². The highest BCUT2D eigenvalue weighted by molar-refractivity contribution is 5.85. The molecule has 3 aliphatic rings. The van der Waals surface area contributed by atoms with Gasteiger partial charge in [-0.2, -0.15) is 0 Å². The van der Waals surface area contributed by atoms with Gasteiger partial charge >= 0.3 is 0 Å². The zero-order chi connectivity index (χ0) is 23.0.